The predicted molar refractivity (Wildman–Crippen MR) is 143 cm³/mol. The van der Waals surface area contributed by atoms with E-state index in [1.807, 2.05) is 64.1 Å². The van der Waals surface area contributed by atoms with Gasteiger partial charge in [-0.3, -0.25) is 14.4 Å². The topological polar surface area (TPSA) is 118 Å². The Bertz CT molecular complexity index is 1330. The zero-order chi connectivity index (χ0) is 26.9. The van der Waals surface area contributed by atoms with Crippen molar-refractivity contribution in [1.29, 1.82) is 0 Å². The summed E-state index contributed by atoms with van der Waals surface area (Å²) in [5, 5.41) is 9.24. The lowest BCUT2D eigenvalue weighted by molar-refractivity contribution is -0.136. The van der Waals surface area contributed by atoms with Gasteiger partial charge < -0.3 is 20.1 Å². The number of nitrogens with zero attached hydrogens (tertiary/aromatic N) is 1. The average molecular weight is 503 g/mol. The number of aryl methyl sites for hydroxylation is 4. The molecule has 0 fully saturated rings. The van der Waals surface area contributed by atoms with Gasteiger partial charge in [0.1, 0.15) is 0 Å². The van der Waals surface area contributed by atoms with Crippen LogP contribution in [0, 0.1) is 27.7 Å². The summed E-state index contributed by atoms with van der Waals surface area (Å²) in [5.41, 5.74) is 7.99. The fourth-order valence-corrected chi connectivity index (χ4v) is 3.44. The van der Waals surface area contributed by atoms with Crippen molar-refractivity contribution < 1.29 is 23.9 Å². The molecule has 0 unspecified atom stereocenters. The first-order chi connectivity index (χ1) is 17.7. The van der Waals surface area contributed by atoms with Crippen LogP contribution in [0.2, 0.25) is 0 Å². The maximum atomic E-state index is 12.3. The van der Waals surface area contributed by atoms with E-state index in [4.69, 9.17) is 9.47 Å². The minimum atomic E-state index is -0.902. The number of hydrogen-bond donors (Lipinski definition) is 3. The highest BCUT2D eigenvalue weighted by Crippen LogP contribution is 2.27. The number of anilines is 2. The molecule has 0 saturated heterocycles. The van der Waals surface area contributed by atoms with Gasteiger partial charge in [0.15, 0.2) is 18.1 Å². The molecule has 0 aromatic heterocycles. The van der Waals surface area contributed by atoms with Gasteiger partial charge in [0, 0.05) is 11.4 Å². The summed E-state index contributed by atoms with van der Waals surface area (Å²) in [6, 6.07) is 16.2. The van der Waals surface area contributed by atoms with E-state index in [1.165, 1.54) is 13.3 Å². The number of rotatable bonds is 8. The fraction of sp³-hybridized carbons (Fsp3) is 0.214. The van der Waals surface area contributed by atoms with Crippen molar-refractivity contribution >= 4 is 35.3 Å². The minimum Gasteiger partial charge on any atom is -0.493 e. The minimum absolute atomic E-state index is 0.206. The van der Waals surface area contributed by atoms with Gasteiger partial charge in [-0.15, -0.1) is 0 Å². The number of nitrogens with one attached hydrogen (secondary N) is 3. The Hall–Kier alpha value is -4.66. The lowest BCUT2D eigenvalue weighted by atomic mass is 10.1. The number of carbonyl (C=O) groups excluding carboxylic acids is 3. The van der Waals surface area contributed by atoms with E-state index in [-0.39, 0.29) is 12.5 Å². The molecule has 0 aliphatic rings. The Balaban J connectivity index is 1.55. The highest BCUT2D eigenvalue weighted by molar-refractivity contribution is 6.39. The number of methoxy groups -OCH3 is 1. The van der Waals surface area contributed by atoms with Crippen molar-refractivity contribution in [1.82, 2.24) is 5.43 Å². The first-order valence-electron chi connectivity index (χ1n) is 11.6. The quantitative estimate of drug-likeness (QED) is 0.244. The standard InChI is InChI=1S/C28H30N4O5/c1-17-9-11-22(13-20(17)4)30-25(33)16-37-23-12-10-21(14-24(23)36-5)15-29-32-28(35)27(34)31-26-18(2)7-6-8-19(26)3/h6-15H,16H2,1-5H3,(H,30,33)(H,31,34)(H,32,35)/b29-15-. The third kappa shape index (κ3) is 7.41. The largest absolute Gasteiger partial charge is 0.493 e. The van der Waals surface area contributed by atoms with Gasteiger partial charge in [-0.1, -0.05) is 24.3 Å². The molecule has 9 heteroatoms. The lowest BCUT2D eigenvalue weighted by Gasteiger charge is -2.12. The average Bonchev–Trinajstić information content (AvgIpc) is 2.87. The monoisotopic (exact) mass is 502 g/mol. The lowest BCUT2D eigenvalue weighted by Crippen LogP contribution is -2.32. The second kappa shape index (κ2) is 12.3. The number of benzene rings is 3. The van der Waals surface area contributed by atoms with E-state index in [1.54, 1.807) is 18.2 Å². The molecular formula is C28H30N4O5. The molecule has 0 aliphatic carbocycles. The van der Waals surface area contributed by atoms with Crippen LogP contribution in [0.15, 0.2) is 59.7 Å². The summed E-state index contributed by atoms with van der Waals surface area (Å²) < 4.78 is 11.0. The Labute approximate surface area is 215 Å². The second-order valence-electron chi connectivity index (χ2n) is 8.47. The molecule has 3 aromatic carbocycles. The fourth-order valence-electron chi connectivity index (χ4n) is 3.44. The van der Waals surface area contributed by atoms with E-state index in [0.29, 0.717) is 28.4 Å². The summed E-state index contributed by atoms with van der Waals surface area (Å²) in [5.74, 6) is -1.29. The maximum absolute atomic E-state index is 12.3. The number of para-hydroxylation sites is 1. The van der Waals surface area contributed by atoms with E-state index in [0.717, 1.165) is 22.3 Å². The predicted octanol–water partition coefficient (Wildman–Crippen LogP) is 4.04. The van der Waals surface area contributed by atoms with Crippen LogP contribution in [0.5, 0.6) is 11.5 Å². The van der Waals surface area contributed by atoms with Crippen molar-refractivity contribution in [2.24, 2.45) is 5.10 Å². The SMILES string of the molecule is COc1cc(/C=N\NC(=O)C(=O)Nc2c(C)cccc2C)ccc1OCC(=O)Nc1ccc(C)c(C)c1. The molecule has 0 bridgehead atoms. The number of hydrogen-bond acceptors (Lipinski definition) is 6. The smallest absolute Gasteiger partial charge is 0.329 e. The van der Waals surface area contributed by atoms with Gasteiger partial charge in [-0.25, -0.2) is 5.43 Å². The number of carbonyl (C=O) groups is 3. The first kappa shape index (κ1) is 26.9. The van der Waals surface area contributed by atoms with Crippen LogP contribution < -0.4 is 25.5 Å². The van der Waals surface area contributed by atoms with Crippen LogP contribution in [0.1, 0.15) is 27.8 Å². The molecule has 3 rings (SSSR count). The molecule has 0 spiro atoms. The van der Waals surface area contributed by atoms with Crippen LogP contribution in [-0.2, 0) is 14.4 Å². The number of hydrazone groups is 1. The van der Waals surface area contributed by atoms with Gasteiger partial charge >= 0.3 is 11.8 Å². The van der Waals surface area contributed by atoms with E-state index < -0.39 is 11.8 Å². The Morgan fingerprint density at radius 3 is 2.22 bits per heavy atom. The van der Waals surface area contributed by atoms with E-state index in [9.17, 15) is 14.4 Å². The van der Waals surface area contributed by atoms with Crippen LogP contribution >= 0.6 is 0 Å². The Kier molecular flexibility index (Phi) is 8.99. The molecule has 192 valence electrons. The number of amides is 3. The van der Waals surface area contributed by atoms with Crippen molar-refractivity contribution in [3.63, 3.8) is 0 Å². The molecule has 0 aliphatic heterocycles. The third-order valence-electron chi connectivity index (χ3n) is 5.64. The maximum Gasteiger partial charge on any atom is 0.329 e. The van der Waals surface area contributed by atoms with Gasteiger partial charge in [0.2, 0.25) is 0 Å². The highest BCUT2D eigenvalue weighted by atomic mass is 16.5. The molecule has 0 radical (unpaired) electrons. The second-order valence-corrected chi connectivity index (χ2v) is 8.47. The van der Waals surface area contributed by atoms with Crippen LogP contribution in [0.3, 0.4) is 0 Å². The third-order valence-corrected chi connectivity index (χ3v) is 5.64. The summed E-state index contributed by atoms with van der Waals surface area (Å²) >= 11 is 0. The molecule has 9 nitrogen and oxygen atoms in total. The van der Waals surface area contributed by atoms with Crippen LogP contribution in [0.4, 0.5) is 11.4 Å². The number of ether oxygens (including phenoxy) is 2. The van der Waals surface area contributed by atoms with Crippen molar-refractivity contribution in [3.8, 4) is 11.5 Å². The Morgan fingerprint density at radius 1 is 0.811 bits per heavy atom. The van der Waals surface area contributed by atoms with Gasteiger partial charge in [0.25, 0.3) is 5.91 Å². The molecular weight excluding hydrogens is 472 g/mol. The molecule has 37 heavy (non-hydrogen) atoms. The molecule has 0 atom stereocenters. The molecule has 3 amide bonds. The summed E-state index contributed by atoms with van der Waals surface area (Å²) in [6.45, 7) is 7.46. The molecule has 3 N–H and O–H groups in total. The van der Waals surface area contributed by atoms with Crippen molar-refractivity contribution in [3.05, 3.63) is 82.4 Å². The first-order valence-corrected chi connectivity index (χ1v) is 11.6. The zero-order valence-electron chi connectivity index (χ0n) is 21.5. The summed E-state index contributed by atoms with van der Waals surface area (Å²) in [4.78, 5) is 36.6. The summed E-state index contributed by atoms with van der Waals surface area (Å²) in [7, 11) is 1.47. The Morgan fingerprint density at radius 2 is 1.54 bits per heavy atom. The van der Waals surface area contributed by atoms with Crippen LogP contribution in [-0.4, -0.2) is 37.7 Å². The molecule has 3 aromatic rings. The molecule has 0 heterocycles. The van der Waals surface area contributed by atoms with Gasteiger partial charge in [-0.05, 0) is 85.8 Å². The normalized spacial score (nSPS) is 10.6. The van der Waals surface area contributed by atoms with Gasteiger partial charge in [0.05, 0.1) is 13.3 Å². The van der Waals surface area contributed by atoms with Crippen LogP contribution in [0.25, 0.3) is 0 Å². The zero-order valence-corrected chi connectivity index (χ0v) is 21.5. The van der Waals surface area contributed by atoms with E-state index >= 15 is 0 Å². The van der Waals surface area contributed by atoms with Crippen molar-refractivity contribution in [2.45, 2.75) is 27.7 Å². The van der Waals surface area contributed by atoms with Gasteiger partial charge in [-0.2, -0.15) is 5.10 Å². The molecule has 0 saturated carbocycles. The van der Waals surface area contributed by atoms with E-state index in [2.05, 4.69) is 21.2 Å². The van der Waals surface area contributed by atoms with Crippen molar-refractivity contribution in [2.75, 3.05) is 24.4 Å². The summed E-state index contributed by atoms with van der Waals surface area (Å²) in [6.07, 6.45) is 1.36. The highest BCUT2D eigenvalue weighted by Gasteiger charge is 2.15.